The zero-order chi connectivity index (χ0) is 9.68. The van der Waals surface area contributed by atoms with E-state index in [4.69, 9.17) is 5.11 Å². The summed E-state index contributed by atoms with van der Waals surface area (Å²) >= 11 is 0. The third-order valence-corrected chi connectivity index (χ3v) is 1.59. The van der Waals surface area contributed by atoms with Gasteiger partial charge in [-0.3, -0.25) is 0 Å². The van der Waals surface area contributed by atoms with Crippen molar-refractivity contribution in [1.82, 2.24) is 0 Å². The Morgan fingerprint density at radius 1 is 1.46 bits per heavy atom. The van der Waals surface area contributed by atoms with Gasteiger partial charge in [-0.2, -0.15) is 0 Å². The molecular weight excluding hydrogens is 168 g/mol. The van der Waals surface area contributed by atoms with Crippen LogP contribution in [0.3, 0.4) is 0 Å². The van der Waals surface area contributed by atoms with Crippen LogP contribution in [0.15, 0.2) is 35.6 Å². The quantitative estimate of drug-likeness (QED) is 0.565. The first-order chi connectivity index (χ1) is 6.24. The Morgan fingerprint density at radius 2 is 2.08 bits per heavy atom. The van der Waals surface area contributed by atoms with Gasteiger partial charge in [0.15, 0.2) is 0 Å². The number of nitroso groups, excluding NO2 is 1. The zero-order valence-corrected chi connectivity index (χ0v) is 7.42. The highest BCUT2D eigenvalue weighted by Crippen LogP contribution is 2.13. The second kappa shape index (κ2) is 4.57. The monoisotopic (exact) mass is 180 g/mol. The van der Waals surface area contributed by atoms with Gasteiger partial charge in [0, 0.05) is 0 Å². The van der Waals surface area contributed by atoms with E-state index in [1.54, 1.807) is 19.1 Å². The summed E-state index contributed by atoms with van der Waals surface area (Å²) in [5, 5.41) is 13.1. The first-order valence-corrected chi connectivity index (χ1v) is 4.08. The normalized spacial score (nSPS) is 12.2. The number of rotatable bonds is 4. The molecule has 0 fully saturated rings. The predicted octanol–water partition coefficient (Wildman–Crippen LogP) is 1.56. The van der Waals surface area contributed by atoms with Gasteiger partial charge in [-0.25, -0.2) is 5.01 Å². The summed E-state index contributed by atoms with van der Waals surface area (Å²) in [7, 11) is 0. The number of hydrogen-bond donors (Lipinski definition) is 1. The number of nitrogens with zero attached hydrogens (tertiary/aromatic N) is 2. The molecule has 1 N–H and O–H groups in total. The van der Waals surface area contributed by atoms with Gasteiger partial charge in [-0.05, 0) is 19.1 Å². The lowest BCUT2D eigenvalue weighted by Crippen LogP contribution is -2.25. The van der Waals surface area contributed by atoms with Crippen molar-refractivity contribution in [3.05, 3.63) is 35.2 Å². The van der Waals surface area contributed by atoms with Crippen molar-refractivity contribution in [2.45, 2.75) is 13.0 Å². The van der Waals surface area contributed by atoms with Crippen molar-refractivity contribution in [2.75, 3.05) is 11.6 Å². The first-order valence-electron chi connectivity index (χ1n) is 4.08. The second-order valence-electron chi connectivity index (χ2n) is 2.85. The molecule has 0 radical (unpaired) electrons. The lowest BCUT2D eigenvalue weighted by molar-refractivity contribution is 0.200. The van der Waals surface area contributed by atoms with Crippen LogP contribution in [0.5, 0.6) is 0 Å². The SMILES string of the molecule is CC(O)CN(N=O)c1ccccc1. The van der Waals surface area contributed by atoms with E-state index in [2.05, 4.69) is 5.29 Å². The largest absolute Gasteiger partial charge is 0.391 e. The van der Waals surface area contributed by atoms with Gasteiger partial charge in [0.05, 0.1) is 23.6 Å². The highest BCUT2D eigenvalue weighted by molar-refractivity contribution is 5.44. The molecule has 70 valence electrons. The van der Waals surface area contributed by atoms with Gasteiger partial charge in [0.1, 0.15) is 0 Å². The number of benzene rings is 1. The summed E-state index contributed by atoms with van der Waals surface area (Å²) < 4.78 is 0. The molecule has 0 aliphatic rings. The highest BCUT2D eigenvalue weighted by Gasteiger charge is 2.08. The van der Waals surface area contributed by atoms with Crippen LogP contribution in [0.25, 0.3) is 0 Å². The molecule has 0 aromatic heterocycles. The maximum absolute atomic E-state index is 10.4. The average Bonchev–Trinajstić information content (AvgIpc) is 2.15. The van der Waals surface area contributed by atoms with E-state index >= 15 is 0 Å². The fraction of sp³-hybridized carbons (Fsp3) is 0.333. The van der Waals surface area contributed by atoms with Crippen molar-refractivity contribution >= 4 is 5.69 Å². The summed E-state index contributed by atoms with van der Waals surface area (Å²) in [4.78, 5) is 10.4. The topological polar surface area (TPSA) is 52.9 Å². The van der Waals surface area contributed by atoms with Crippen molar-refractivity contribution in [3.8, 4) is 0 Å². The Balaban J connectivity index is 2.73. The number of aliphatic hydroxyl groups excluding tert-OH is 1. The minimum Gasteiger partial charge on any atom is -0.391 e. The molecule has 0 spiro atoms. The molecule has 1 aromatic carbocycles. The Kier molecular flexibility index (Phi) is 3.40. The van der Waals surface area contributed by atoms with E-state index in [-0.39, 0.29) is 6.54 Å². The van der Waals surface area contributed by atoms with Crippen molar-refractivity contribution < 1.29 is 5.11 Å². The van der Waals surface area contributed by atoms with E-state index in [1.165, 1.54) is 5.01 Å². The number of para-hydroxylation sites is 1. The van der Waals surface area contributed by atoms with Crippen LogP contribution in [0, 0.1) is 4.91 Å². The van der Waals surface area contributed by atoms with Gasteiger partial charge >= 0.3 is 0 Å². The first kappa shape index (κ1) is 9.67. The zero-order valence-electron chi connectivity index (χ0n) is 7.42. The van der Waals surface area contributed by atoms with Crippen LogP contribution in [0.2, 0.25) is 0 Å². The van der Waals surface area contributed by atoms with Gasteiger partial charge in [0.25, 0.3) is 0 Å². The molecule has 0 saturated carbocycles. The van der Waals surface area contributed by atoms with Crippen molar-refractivity contribution in [3.63, 3.8) is 0 Å². The summed E-state index contributed by atoms with van der Waals surface area (Å²) in [6.07, 6.45) is -0.571. The minimum atomic E-state index is -0.571. The molecule has 13 heavy (non-hydrogen) atoms. The smallest absolute Gasteiger partial charge is 0.0709 e. The maximum Gasteiger partial charge on any atom is 0.0709 e. The third kappa shape index (κ3) is 2.83. The van der Waals surface area contributed by atoms with Crippen molar-refractivity contribution in [2.24, 2.45) is 5.29 Å². The average molecular weight is 180 g/mol. The Hall–Kier alpha value is -1.42. The third-order valence-electron chi connectivity index (χ3n) is 1.59. The van der Waals surface area contributed by atoms with Crippen LogP contribution < -0.4 is 5.01 Å². The molecule has 1 rings (SSSR count). The fourth-order valence-corrected chi connectivity index (χ4v) is 1.04. The van der Waals surface area contributed by atoms with Crippen LogP contribution in [0.1, 0.15) is 6.92 Å². The number of anilines is 1. The van der Waals surface area contributed by atoms with Crippen LogP contribution in [-0.2, 0) is 0 Å². The number of hydrogen-bond acceptors (Lipinski definition) is 3. The van der Waals surface area contributed by atoms with E-state index < -0.39 is 6.10 Å². The van der Waals surface area contributed by atoms with Gasteiger partial charge in [0.2, 0.25) is 0 Å². The van der Waals surface area contributed by atoms with E-state index in [0.29, 0.717) is 5.69 Å². The minimum absolute atomic E-state index is 0.216. The summed E-state index contributed by atoms with van der Waals surface area (Å²) in [5.74, 6) is 0. The highest BCUT2D eigenvalue weighted by atomic mass is 16.3. The Bertz CT molecular complexity index is 262. The fourth-order valence-electron chi connectivity index (χ4n) is 1.04. The van der Waals surface area contributed by atoms with Gasteiger partial charge in [-0.1, -0.05) is 18.2 Å². The van der Waals surface area contributed by atoms with E-state index in [9.17, 15) is 4.91 Å². The van der Waals surface area contributed by atoms with Crippen LogP contribution >= 0.6 is 0 Å². The molecule has 0 aliphatic carbocycles. The molecule has 1 unspecified atom stereocenters. The molecular formula is C9H12N2O2. The number of aliphatic hydroxyl groups is 1. The maximum atomic E-state index is 10.4. The molecule has 0 bridgehead atoms. The second-order valence-corrected chi connectivity index (χ2v) is 2.85. The molecule has 1 atom stereocenters. The molecule has 4 nitrogen and oxygen atoms in total. The molecule has 0 amide bonds. The van der Waals surface area contributed by atoms with Crippen LogP contribution in [-0.4, -0.2) is 17.8 Å². The van der Waals surface area contributed by atoms with E-state index in [1.807, 2.05) is 18.2 Å². The standard InChI is InChI=1S/C9H12N2O2/c1-8(12)7-11(10-13)9-5-3-2-4-6-9/h2-6,8,12H,7H2,1H3. The van der Waals surface area contributed by atoms with Crippen LogP contribution in [0.4, 0.5) is 5.69 Å². The van der Waals surface area contributed by atoms with E-state index in [0.717, 1.165) is 0 Å². The summed E-state index contributed by atoms with van der Waals surface area (Å²) in [6.45, 7) is 1.83. The van der Waals surface area contributed by atoms with Gasteiger partial charge < -0.3 is 5.11 Å². The molecule has 0 heterocycles. The predicted molar refractivity (Wildman–Crippen MR) is 51.3 cm³/mol. The Labute approximate surface area is 76.7 Å². The lowest BCUT2D eigenvalue weighted by atomic mass is 10.3. The van der Waals surface area contributed by atoms with Crippen molar-refractivity contribution in [1.29, 1.82) is 0 Å². The van der Waals surface area contributed by atoms with Gasteiger partial charge in [-0.15, -0.1) is 4.91 Å². The summed E-state index contributed by atoms with van der Waals surface area (Å²) in [5.41, 5.74) is 0.693. The molecule has 0 aliphatic heterocycles. The summed E-state index contributed by atoms with van der Waals surface area (Å²) in [6, 6.07) is 9.02. The molecule has 0 saturated heterocycles. The lowest BCUT2D eigenvalue weighted by Gasteiger charge is -2.16. The molecule has 4 heteroatoms. The Morgan fingerprint density at radius 3 is 2.54 bits per heavy atom. The molecule has 1 aromatic rings.